The quantitative estimate of drug-likeness (QED) is 0.282. The lowest BCUT2D eigenvalue weighted by molar-refractivity contribution is -0.115. The number of fused-ring (bicyclic) bond motifs is 1. The highest BCUT2D eigenvalue weighted by Crippen LogP contribution is 2.33. The molecule has 0 radical (unpaired) electrons. The van der Waals surface area contributed by atoms with Crippen molar-refractivity contribution in [2.24, 2.45) is 4.99 Å². The van der Waals surface area contributed by atoms with Crippen molar-refractivity contribution < 1.29 is 19.0 Å². The first-order valence-electron chi connectivity index (χ1n) is 10.8. The van der Waals surface area contributed by atoms with Gasteiger partial charge in [0.1, 0.15) is 12.4 Å². The van der Waals surface area contributed by atoms with Gasteiger partial charge in [-0.2, -0.15) is 0 Å². The standard InChI is InChI=1S/C26H21IN2O4S/c1-2-16-3-7-19(8-4-16)28-26-29-25(30)24(34-26)13-17-5-9-21(20(27)11-17)31-14-18-6-10-22-23(12-18)33-15-32-22/h3-13H,2,14-15H2,1H3,(H,28,29,30)/b24-13-. The van der Waals surface area contributed by atoms with E-state index in [4.69, 9.17) is 14.2 Å². The maximum atomic E-state index is 12.4. The number of nitrogens with one attached hydrogen (secondary N) is 1. The summed E-state index contributed by atoms with van der Waals surface area (Å²) in [5.74, 6) is 2.13. The first-order valence-corrected chi connectivity index (χ1v) is 12.7. The van der Waals surface area contributed by atoms with Crippen molar-refractivity contribution in [3.63, 3.8) is 0 Å². The number of amides is 1. The fourth-order valence-corrected chi connectivity index (χ4v) is 5.01. The number of nitrogens with zero attached hydrogens (tertiary/aromatic N) is 1. The van der Waals surface area contributed by atoms with Gasteiger partial charge < -0.3 is 19.5 Å². The van der Waals surface area contributed by atoms with Crippen LogP contribution in [0.25, 0.3) is 6.08 Å². The van der Waals surface area contributed by atoms with Gasteiger partial charge in [-0.15, -0.1) is 0 Å². The molecule has 2 aliphatic heterocycles. The summed E-state index contributed by atoms with van der Waals surface area (Å²) in [6, 6.07) is 19.7. The molecule has 0 atom stereocenters. The van der Waals surface area contributed by atoms with E-state index in [1.165, 1.54) is 17.3 Å². The number of aliphatic imine (C=N–C) groups is 1. The summed E-state index contributed by atoms with van der Waals surface area (Å²) in [4.78, 5) is 17.6. The van der Waals surface area contributed by atoms with E-state index in [9.17, 15) is 4.79 Å². The normalized spacial score (nSPS) is 16.8. The van der Waals surface area contributed by atoms with Crippen LogP contribution in [-0.4, -0.2) is 17.9 Å². The lowest BCUT2D eigenvalue weighted by Gasteiger charge is -2.09. The molecule has 0 aliphatic carbocycles. The summed E-state index contributed by atoms with van der Waals surface area (Å²) in [5, 5.41) is 3.43. The maximum Gasteiger partial charge on any atom is 0.264 e. The van der Waals surface area contributed by atoms with E-state index in [0.717, 1.165) is 44.1 Å². The van der Waals surface area contributed by atoms with Gasteiger partial charge in [0.2, 0.25) is 6.79 Å². The number of rotatable bonds is 6. The summed E-state index contributed by atoms with van der Waals surface area (Å²) < 4.78 is 17.7. The van der Waals surface area contributed by atoms with Crippen LogP contribution in [0.15, 0.2) is 70.6 Å². The van der Waals surface area contributed by atoms with Crippen LogP contribution in [0, 0.1) is 3.57 Å². The van der Waals surface area contributed by atoms with E-state index in [1.54, 1.807) is 0 Å². The van der Waals surface area contributed by atoms with E-state index in [-0.39, 0.29) is 12.7 Å². The third-order valence-corrected chi connectivity index (χ3v) is 7.06. The molecule has 0 unspecified atom stereocenters. The van der Waals surface area contributed by atoms with Crippen LogP contribution in [0.3, 0.4) is 0 Å². The minimum absolute atomic E-state index is 0.146. The lowest BCUT2D eigenvalue weighted by atomic mass is 10.2. The molecule has 5 rings (SSSR count). The first kappa shape index (κ1) is 22.8. The van der Waals surface area contributed by atoms with Gasteiger partial charge in [0.25, 0.3) is 5.91 Å². The molecule has 0 aromatic heterocycles. The molecule has 8 heteroatoms. The Kier molecular flexibility index (Phi) is 6.77. The van der Waals surface area contributed by atoms with Gasteiger partial charge in [-0.05, 0) is 99.9 Å². The van der Waals surface area contributed by atoms with Crippen LogP contribution in [0.2, 0.25) is 0 Å². The van der Waals surface area contributed by atoms with Crippen molar-refractivity contribution in [3.8, 4) is 17.2 Å². The number of aryl methyl sites for hydroxylation is 1. The molecule has 34 heavy (non-hydrogen) atoms. The van der Waals surface area contributed by atoms with Crippen LogP contribution < -0.4 is 19.5 Å². The number of carbonyl (C=O) groups is 1. The number of halogens is 1. The summed E-state index contributed by atoms with van der Waals surface area (Å²) in [6.45, 7) is 2.79. The Bertz CT molecular complexity index is 1300. The second-order valence-electron chi connectivity index (χ2n) is 7.67. The summed E-state index contributed by atoms with van der Waals surface area (Å²) in [6.07, 6.45) is 2.85. The van der Waals surface area contributed by atoms with Crippen LogP contribution in [0.5, 0.6) is 17.2 Å². The van der Waals surface area contributed by atoms with Crippen molar-refractivity contribution >= 4 is 57.2 Å². The molecule has 0 spiro atoms. The SMILES string of the molecule is CCc1ccc(N=C2NC(=O)/C(=C/c3ccc(OCc4ccc5c(c4)OCO5)c(I)c3)S2)cc1. The molecule has 2 heterocycles. The third-order valence-electron chi connectivity index (χ3n) is 5.31. The molecular weight excluding hydrogens is 563 g/mol. The monoisotopic (exact) mass is 584 g/mol. The van der Waals surface area contributed by atoms with Crippen molar-refractivity contribution in [3.05, 3.63) is 85.8 Å². The Labute approximate surface area is 215 Å². The molecule has 1 saturated heterocycles. The number of benzene rings is 3. The molecule has 172 valence electrons. The number of hydrogen-bond donors (Lipinski definition) is 1. The fraction of sp³-hybridized carbons (Fsp3) is 0.154. The van der Waals surface area contributed by atoms with Crippen LogP contribution >= 0.6 is 34.4 Å². The maximum absolute atomic E-state index is 12.4. The molecule has 1 amide bonds. The Hall–Kier alpha value is -2.98. The topological polar surface area (TPSA) is 69.2 Å². The molecule has 3 aromatic rings. The average Bonchev–Trinajstić information content (AvgIpc) is 3.44. The Morgan fingerprint density at radius 1 is 1.06 bits per heavy atom. The van der Waals surface area contributed by atoms with E-state index in [0.29, 0.717) is 16.7 Å². The minimum atomic E-state index is -0.146. The largest absolute Gasteiger partial charge is 0.488 e. The predicted molar refractivity (Wildman–Crippen MR) is 143 cm³/mol. The third kappa shape index (κ3) is 5.23. The zero-order valence-corrected chi connectivity index (χ0v) is 21.3. The Balaban J connectivity index is 1.25. The van der Waals surface area contributed by atoms with E-state index < -0.39 is 0 Å². The average molecular weight is 584 g/mol. The molecule has 1 N–H and O–H groups in total. The van der Waals surface area contributed by atoms with Gasteiger partial charge in [0, 0.05) is 0 Å². The highest BCUT2D eigenvalue weighted by molar-refractivity contribution is 14.1. The second kappa shape index (κ2) is 10.1. The number of carbonyl (C=O) groups excluding carboxylic acids is 1. The molecule has 2 aliphatic rings. The smallest absolute Gasteiger partial charge is 0.264 e. The highest BCUT2D eigenvalue weighted by atomic mass is 127. The van der Waals surface area contributed by atoms with Crippen LogP contribution in [0.4, 0.5) is 5.69 Å². The molecule has 0 saturated carbocycles. The molecule has 0 bridgehead atoms. The van der Waals surface area contributed by atoms with E-state index in [2.05, 4.69) is 52.0 Å². The van der Waals surface area contributed by atoms with Gasteiger partial charge in [-0.25, -0.2) is 4.99 Å². The van der Waals surface area contributed by atoms with Crippen molar-refractivity contribution in [2.45, 2.75) is 20.0 Å². The molecule has 6 nitrogen and oxygen atoms in total. The van der Waals surface area contributed by atoms with Crippen LogP contribution in [0.1, 0.15) is 23.6 Å². The Morgan fingerprint density at radius 3 is 2.65 bits per heavy atom. The number of amidine groups is 1. The highest BCUT2D eigenvalue weighted by Gasteiger charge is 2.24. The van der Waals surface area contributed by atoms with E-state index >= 15 is 0 Å². The van der Waals surface area contributed by atoms with Gasteiger partial charge >= 0.3 is 0 Å². The first-order chi connectivity index (χ1) is 16.6. The van der Waals surface area contributed by atoms with Crippen LogP contribution in [-0.2, 0) is 17.8 Å². The summed E-state index contributed by atoms with van der Waals surface area (Å²) in [7, 11) is 0. The fourth-order valence-electron chi connectivity index (χ4n) is 3.47. The molecule has 1 fully saturated rings. The van der Waals surface area contributed by atoms with Gasteiger partial charge in [-0.1, -0.05) is 31.2 Å². The number of thioether (sulfide) groups is 1. The van der Waals surface area contributed by atoms with Gasteiger partial charge in [-0.3, -0.25) is 4.79 Å². The van der Waals surface area contributed by atoms with Crippen molar-refractivity contribution in [1.29, 1.82) is 0 Å². The molecule has 3 aromatic carbocycles. The van der Waals surface area contributed by atoms with Gasteiger partial charge in [0.15, 0.2) is 16.7 Å². The Morgan fingerprint density at radius 2 is 1.85 bits per heavy atom. The predicted octanol–water partition coefficient (Wildman–Crippen LogP) is 6.05. The second-order valence-corrected chi connectivity index (χ2v) is 9.86. The zero-order valence-electron chi connectivity index (χ0n) is 18.3. The van der Waals surface area contributed by atoms with E-state index in [1.807, 2.05) is 54.6 Å². The number of hydrogen-bond acceptors (Lipinski definition) is 6. The molecular formula is C26H21IN2O4S. The summed E-state index contributed by atoms with van der Waals surface area (Å²) >= 11 is 3.59. The van der Waals surface area contributed by atoms with Gasteiger partial charge in [0.05, 0.1) is 14.2 Å². The lowest BCUT2D eigenvalue weighted by Crippen LogP contribution is -2.19. The zero-order chi connectivity index (χ0) is 23.5. The number of ether oxygens (including phenoxy) is 3. The summed E-state index contributed by atoms with van der Waals surface area (Å²) in [5.41, 5.74) is 4.00. The minimum Gasteiger partial charge on any atom is -0.488 e. The van der Waals surface area contributed by atoms with Crippen molar-refractivity contribution in [2.75, 3.05) is 6.79 Å². The van der Waals surface area contributed by atoms with Crippen molar-refractivity contribution in [1.82, 2.24) is 5.32 Å².